The maximum Gasteiger partial charge on any atom is 0.103 e. The summed E-state index contributed by atoms with van der Waals surface area (Å²) in [5.41, 5.74) is 0.879. The van der Waals surface area contributed by atoms with Crippen LogP contribution in [-0.2, 0) is 12.0 Å². The Bertz CT molecular complexity index is 278. The molecule has 1 N–H and O–H groups in total. The summed E-state index contributed by atoms with van der Waals surface area (Å²) in [5.74, 6) is 0. The average molecular weight is 180 g/mol. The van der Waals surface area contributed by atoms with Crippen molar-refractivity contribution in [3.8, 4) is 0 Å². The fraction of sp³-hybridized carbons (Fsp3) is 0.600. The van der Waals surface area contributed by atoms with Crippen LogP contribution >= 0.6 is 0 Å². The Morgan fingerprint density at radius 1 is 1.46 bits per heavy atom. The third kappa shape index (κ3) is 2.77. The lowest BCUT2D eigenvalue weighted by atomic mass is 10.0. The molecule has 1 aromatic heterocycles. The van der Waals surface area contributed by atoms with Crippen LogP contribution in [0.4, 0.5) is 0 Å². The molecule has 0 atom stereocenters. The SMILES string of the molecule is CCCc1cnnc(C(C)(C)O)c1. The molecular formula is C10H16N2O. The molecule has 0 saturated heterocycles. The van der Waals surface area contributed by atoms with Crippen molar-refractivity contribution in [2.45, 2.75) is 39.2 Å². The molecular weight excluding hydrogens is 164 g/mol. The third-order valence-electron chi connectivity index (χ3n) is 1.88. The summed E-state index contributed by atoms with van der Waals surface area (Å²) in [4.78, 5) is 0. The Morgan fingerprint density at radius 2 is 2.15 bits per heavy atom. The molecule has 0 aliphatic rings. The van der Waals surface area contributed by atoms with Gasteiger partial charge in [-0.3, -0.25) is 0 Å². The van der Waals surface area contributed by atoms with E-state index in [1.54, 1.807) is 20.0 Å². The minimum absolute atomic E-state index is 0.637. The molecule has 0 aliphatic heterocycles. The predicted octanol–water partition coefficient (Wildman–Crippen LogP) is 1.66. The molecule has 1 rings (SSSR count). The van der Waals surface area contributed by atoms with Crippen LogP contribution in [0.1, 0.15) is 38.4 Å². The van der Waals surface area contributed by atoms with Crippen molar-refractivity contribution < 1.29 is 5.11 Å². The van der Waals surface area contributed by atoms with E-state index in [0.717, 1.165) is 18.4 Å². The van der Waals surface area contributed by atoms with Gasteiger partial charge in [0, 0.05) is 0 Å². The first-order chi connectivity index (χ1) is 6.04. The highest BCUT2D eigenvalue weighted by Crippen LogP contribution is 2.17. The molecule has 0 spiro atoms. The minimum Gasteiger partial charge on any atom is -0.384 e. The predicted molar refractivity (Wildman–Crippen MR) is 51.3 cm³/mol. The number of hydrogen-bond acceptors (Lipinski definition) is 3. The van der Waals surface area contributed by atoms with Gasteiger partial charge in [0.15, 0.2) is 0 Å². The molecule has 3 nitrogen and oxygen atoms in total. The molecule has 0 unspecified atom stereocenters. The minimum atomic E-state index is -0.892. The molecule has 0 saturated carbocycles. The second-order valence-electron chi connectivity index (χ2n) is 3.76. The van der Waals surface area contributed by atoms with Crippen molar-refractivity contribution in [2.75, 3.05) is 0 Å². The Balaban J connectivity index is 2.92. The van der Waals surface area contributed by atoms with Gasteiger partial charge in [0.1, 0.15) is 5.60 Å². The van der Waals surface area contributed by atoms with Gasteiger partial charge >= 0.3 is 0 Å². The molecule has 1 heterocycles. The van der Waals surface area contributed by atoms with Crippen LogP contribution in [0.15, 0.2) is 12.3 Å². The fourth-order valence-electron chi connectivity index (χ4n) is 1.13. The van der Waals surface area contributed by atoms with Crippen LogP contribution in [0, 0.1) is 0 Å². The van der Waals surface area contributed by atoms with E-state index in [4.69, 9.17) is 0 Å². The lowest BCUT2D eigenvalue weighted by Gasteiger charge is -2.15. The van der Waals surface area contributed by atoms with E-state index in [2.05, 4.69) is 17.1 Å². The van der Waals surface area contributed by atoms with Crippen molar-refractivity contribution in [3.63, 3.8) is 0 Å². The molecule has 0 bridgehead atoms. The fourth-order valence-corrected chi connectivity index (χ4v) is 1.13. The van der Waals surface area contributed by atoms with Crippen LogP contribution in [0.5, 0.6) is 0 Å². The topological polar surface area (TPSA) is 46.0 Å². The maximum absolute atomic E-state index is 9.68. The number of hydrogen-bond donors (Lipinski definition) is 1. The van der Waals surface area contributed by atoms with Crippen molar-refractivity contribution in [1.82, 2.24) is 10.2 Å². The van der Waals surface area contributed by atoms with Gasteiger partial charge in [0.05, 0.1) is 11.9 Å². The van der Waals surface area contributed by atoms with Crippen molar-refractivity contribution >= 4 is 0 Å². The Labute approximate surface area is 78.8 Å². The van der Waals surface area contributed by atoms with Gasteiger partial charge in [-0.1, -0.05) is 13.3 Å². The quantitative estimate of drug-likeness (QED) is 0.769. The number of aliphatic hydroxyl groups is 1. The lowest BCUT2D eigenvalue weighted by Crippen LogP contribution is -2.18. The summed E-state index contributed by atoms with van der Waals surface area (Å²) in [7, 11) is 0. The second-order valence-corrected chi connectivity index (χ2v) is 3.76. The standard InChI is InChI=1S/C10H16N2O/c1-4-5-8-6-9(10(2,3)13)12-11-7-8/h6-7,13H,4-5H2,1-3H3. The van der Waals surface area contributed by atoms with Crippen molar-refractivity contribution in [1.29, 1.82) is 0 Å². The number of nitrogens with zero attached hydrogens (tertiary/aromatic N) is 2. The number of aromatic nitrogens is 2. The molecule has 0 radical (unpaired) electrons. The Hall–Kier alpha value is -0.960. The Morgan fingerprint density at radius 3 is 2.69 bits per heavy atom. The lowest BCUT2D eigenvalue weighted by molar-refractivity contribution is 0.0727. The van der Waals surface area contributed by atoms with Crippen molar-refractivity contribution in [2.24, 2.45) is 0 Å². The van der Waals surface area contributed by atoms with Crippen LogP contribution in [0.3, 0.4) is 0 Å². The third-order valence-corrected chi connectivity index (χ3v) is 1.88. The van der Waals surface area contributed by atoms with Crippen LogP contribution in [0.2, 0.25) is 0 Å². The number of aryl methyl sites for hydroxylation is 1. The van der Waals surface area contributed by atoms with E-state index in [1.165, 1.54) is 0 Å². The smallest absolute Gasteiger partial charge is 0.103 e. The Kier molecular flexibility index (Phi) is 2.98. The first-order valence-electron chi connectivity index (χ1n) is 4.58. The highest BCUT2D eigenvalue weighted by atomic mass is 16.3. The maximum atomic E-state index is 9.68. The largest absolute Gasteiger partial charge is 0.384 e. The molecule has 72 valence electrons. The van der Waals surface area contributed by atoms with E-state index in [-0.39, 0.29) is 0 Å². The zero-order chi connectivity index (χ0) is 9.90. The van der Waals surface area contributed by atoms with Gasteiger partial charge in [-0.15, -0.1) is 0 Å². The van der Waals surface area contributed by atoms with Crippen LogP contribution in [-0.4, -0.2) is 15.3 Å². The van der Waals surface area contributed by atoms with E-state index in [1.807, 2.05) is 6.07 Å². The molecule has 1 aromatic rings. The van der Waals surface area contributed by atoms with Crippen LogP contribution in [0.25, 0.3) is 0 Å². The molecule has 0 aromatic carbocycles. The molecule has 0 fully saturated rings. The summed E-state index contributed by atoms with van der Waals surface area (Å²) < 4.78 is 0. The summed E-state index contributed by atoms with van der Waals surface area (Å²) in [6, 6.07) is 1.91. The van der Waals surface area contributed by atoms with E-state index in [0.29, 0.717) is 5.69 Å². The van der Waals surface area contributed by atoms with Crippen LogP contribution < -0.4 is 0 Å². The normalized spacial score (nSPS) is 11.7. The van der Waals surface area contributed by atoms with Gasteiger partial charge in [-0.05, 0) is 31.9 Å². The van der Waals surface area contributed by atoms with Gasteiger partial charge < -0.3 is 5.11 Å². The zero-order valence-corrected chi connectivity index (χ0v) is 8.41. The van der Waals surface area contributed by atoms with Gasteiger partial charge in [0.2, 0.25) is 0 Å². The first-order valence-corrected chi connectivity index (χ1v) is 4.58. The molecule has 0 aliphatic carbocycles. The second kappa shape index (κ2) is 3.83. The molecule has 13 heavy (non-hydrogen) atoms. The van der Waals surface area contributed by atoms with Gasteiger partial charge in [0.25, 0.3) is 0 Å². The molecule has 0 amide bonds. The van der Waals surface area contributed by atoms with E-state index in [9.17, 15) is 5.11 Å². The highest BCUT2D eigenvalue weighted by Gasteiger charge is 2.18. The monoisotopic (exact) mass is 180 g/mol. The van der Waals surface area contributed by atoms with Gasteiger partial charge in [-0.2, -0.15) is 10.2 Å². The summed E-state index contributed by atoms with van der Waals surface area (Å²) in [6.07, 6.45) is 3.81. The first kappa shape index (κ1) is 10.1. The van der Waals surface area contributed by atoms with Crippen molar-refractivity contribution in [3.05, 3.63) is 23.5 Å². The summed E-state index contributed by atoms with van der Waals surface area (Å²) >= 11 is 0. The number of rotatable bonds is 3. The van der Waals surface area contributed by atoms with E-state index >= 15 is 0 Å². The zero-order valence-electron chi connectivity index (χ0n) is 8.41. The summed E-state index contributed by atoms with van der Waals surface area (Å²) in [5, 5.41) is 17.4. The average Bonchev–Trinajstić information content (AvgIpc) is 2.04. The molecule has 3 heteroatoms. The summed E-state index contributed by atoms with van der Waals surface area (Å²) in [6.45, 7) is 5.55. The van der Waals surface area contributed by atoms with Gasteiger partial charge in [-0.25, -0.2) is 0 Å². The highest BCUT2D eigenvalue weighted by molar-refractivity contribution is 5.16. The van der Waals surface area contributed by atoms with E-state index < -0.39 is 5.60 Å².